The molecule has 166 valence electrons. The van der Waals surface area contributed by atoms with Gasteiger partial charge >= 0.3 is 0 Å². The summed E-state index contributed by atoms with van der Waals surface area (Å²) in [5, 5.41) is 10.6. The van der Waals surface area contributed by atoms with Gasteiger partial charge in [0.1, 0.15) is 17.5 Å². The minimum atomic E-state index is 0.295. The van der Waals surface area contributed by atoms with Crippen LogP contribution < -0.4 is 10.2 Å². The van der Waals surface area contributed by atoms with Crippen LogP contribution in [0.4, 0.5) is 17.5 Å². The van der Waals surface area contributed by atoms with Gasteiger partial charge in [0.2, 0.25) is 5.91 Å². The predicted molar refractivity (Wildman–Crippen MR) is 119 cm³/mol. The molecule has 9 nitrogen and oxygen atoms in total. The molecule has 1 atom stereocenters. The van der Waals surface area contributed by atoms with Crippen molar-refractivity contribution < 1.29 is 4.79 Å². The fourth-order valence-electron chi connectivity index (χ4n) is 4.50. The lowest BCUT2D eigenvalue weighted by molar-refractivity contribution is -0.131. The average molecular weight is 425 g/mol. The lowest BCUT2D eigenvalue weighted by Gasteiger charge is -2.33. The van der Waals surface area contributed by atoms with Crippen LogP contribution in [0.15, 0.2) is 12.1 Å². The topological polar surface area (TPSA) is 93.3 Å². The third-order valence-corrected chi connectivity index (χ3v) is 6.54. The van der Waals surface area contributed by atoms with Crippen molar-refractivity contribution in [3.05, 3.63) is 23.7 Å². The molecule has 1 saturated carbocycles. The van der Waals surface area contributed by atoms with Crippen LogP contribution in [-0.2, 0) is 11.2 Å². The zero-order valence-electron chi connectivity index (χ0n) is 18.5. The van der Waals surface area contributed by atoms with Crippen molar-refractivity contribution >= 4 is 23.4 Å². The van der Waals surface area contributed by atoms with Gasteiger partial charge in [-0.2, -0.15) is 5.10 Å². The molecule has 2 N–H and O–H groups in total. The Bertz CT molecular complexity index is 931. The molecule has 0 bridgehead atoms. The van der Waals surface area contributed by atoms with Gasteiger partial charge in [-0.1, -0.05) is 0 Å². The maximum Gasteiger partial charge on any atom is 0.225 e. The average Bonchev–Trinajstić information content (AvgIpc) is 3.38. The molecular weight excluding hydrogens is 392 g/mol. The maximum absolute atomic E-state index is 12.4. The molecule has 2 aromatic rings. The van der Waals surface area contributed by atoms with Crippen LogP contribution in [0, 0.1) is 18.8 Å². The zero-order chi connectivity index (χ0) is 21.4. The van der Waals surface area contributed by atoms with Gasteiger partial charge in [0.15, 0.2) is 5.82 Å². The normalized spacial score (nSPS) is 22.2. The Balaban J connectivity index is 1.33. The monoisotopic (exact) mass is 424 g/mol. The Kier molecular flexibility index (Phi) is 5.52. The molecule has 2 saturated heterocycles. The third-order valence-electron chi connectivity index (χ3n) is 6.54. The molecule has 1 aliphatic carbocycles. The number of nitrogens with zero attached hydrogens (tertiary/aromatic N) is 6. The molecule has 2 aromatic heterocycles. The molecule has 0 unspecified atom stereocenters. The highest BCUT2D eigenvalue weighted by Gasteiger charge is 2.36. The number of aryl methyl sites for hydroxylation is 1. The number of nitrogens with one attached hydrogen (secondary N) is 2. The number of hydrogen-bond acceptors (Lipinski definition) is 7. The number of hydrogen-bond donors (Lipinski definition) is 2. The van der Waals surface area contributed by atoms with Crippen molar-refractivity contribution in [2.24, 2.45) is 11.8 Å². The molecule has 5 rings (SSSR count). The van der Waals surface area contributed by atoms with Gasteiger partial charge in [-0.05, 0) is 39.2 Å². The number of piperazine rings is 1. The number of aromatic nitrogens is 4. The highest BCUT2D eigenvalue weighted by Crippen LogP contribution is 2.33. The van der Waals surface area contributed by atoms with Crippen LogP contribution >= 0.6 is 0 Å². The number of rotatable bonds is 6. The Morgan fingerprint density at radius 1 is 1.10 bits per heavy atom. The summed E-state index contributed by atoms with van der Waals surface area (Å²) >= 11 is 0. The first-order valence-corrected chi connectivity index (χ1v) is 11.4. The van der Waals surface area contributed by atoms with E-state index < -0.39 is 0 Å². The molecule has 0 radical (unpaired) electrons. The fourth-order valence-corrected chi connectivity index (χ4v) is 4.50. The second-order valence-electron chi connectivity index (χ2n) is 9.30. The zero-order valence-corrected chi connectivity index (χ0v) is 18.5. The van der Waals surface area contributed by atoms with E-state index >= 15 is 0 Å². The lowest BCUT2D eigenvalue weighted by Crippen LogP contribution is -2.45. The molecule has 1 amide bonds. The first kappa shape index (κ1) is 20.2. The largest absolute Gasteiger partial charge is 0.354 e. The first-order valence-electron chi connectivity index (χ1n) is 11.4. The van der Waals surface area contributed by atoms with E-state index in [1.165, 1.54) is 0 Å². The second-order valence-corrected chi connectivity index (χ2v) is 9.30. The van der Waals surface area contributed by atoms with Crippen LogP contribution in [0.2, 0.25) is 0 Å². The Morgan fingerprint density at radius 3 is 2.61 bits per heavy atom. The van der Waals surface area contributed by atoms with E-state index in [-0.39, 0.29) is 0 Å². The summed E-state index contributed by atoms with van der Waals surface area (Å²) in [4.78, 5) is 28.9. The molecule has 0 aromatic carbocycles. The van der Waals surface area contributed by atoms with Gasteiger partial charge in [-0.25, -0.2) is 9.97 Å². The van der Waals surface area contributed by atoms with Gasteiger partial charge in [0.25, 0.3) is 0 Å². The summed E-state index contributed by atoms with van der Waals surface area (Å²) < 4.78 is 0. The quantitative estimate of drug-likeness (QED) is 0.730. The van der Waals surface area contributed by atoms with Crippen LogP contribution in [0.5, 0.6) is 0 Å². The van der Waals surface area contributed by atoms with Gasteiger partial charge in [0.05, 0.1) is 0 Å². The van der Waals surface area contributed by atoms with Crippen LogP contribution in [-0.4, -0.2) is 82.2 Å². The molecule has 4 heterocycles. The van der Waals surface area contributed by atoms with E-state index in [0.29, 0.717) is 17.7 Å². The van der Waals surface area contributed by atoms with Crippen LogP contribution in [0.25, 0.3) is 0 Å². The summed E-state index contributed by atoms with van der Waals surface area (Å²) in [5.41, 5.74) is 1.00. The van der Waals surface area contributed by atoms with Crippen LogP contribution in [0.3, 0.4) is 0 Å². The third kappa shape index (κ3) is 4.81. The first-order chi connectivity index (χ1) is 15.0. The predicted octanol–water partition coefficient (Wildman–Crippen LogP) is 1.80. The Morgan fingerprint density at radius 2 is 1.90 bits per heavy atom. The summed E-state index contributed by atoms with van der Waals surface area (Å²) in [6.45, 7) is 7.66. The number of likely N-dealkylation sites (tertiary alicyclic amines) is 1. The molecule has 2 aliphatic heterocycles. The Hall–Kier alpha value is -2.68. The highest BCUT2D eigenvalue weighted by atomic mass is 16.2. The lowest BCUT2D eigenvalue weighted by atomic mass is 10.0. The standard InChI is InChI=1S/C22H32N8O/c1-15-11-20(27-26-15)24-19-13-21(29-9-7-28(2)8-10-29)25-18(23-19)12-16-5-6-30(14-16)22(31)17-3-4-17/h11,13,16-17H,3-10,12,14H2,1-2H3,(H2,23,24,25,26,27)/t16-/m1/s1. The second kappa shape index (κ2) is 8.45. The van der Waals surface area contributed by atoms with Gasteiger partial charge in [-0.3, -0.25) is 9.89 Å². The molecule has 3 fully saturated rings. The number of H-pyrrole nitrogens is 1. The highest BCUT2D eigenvalue weighted by molar-refractivity contribution is 5.81. The van der Waals surface area contributed by atoms with Crippen LogP contribution in [0.1, 0.15) is 30.8 Å². The molecule has 3 aliphatic rings. The van der Waals surface area contributed by atoms with E-state index in [1.807, 2.05) is 19.1 Å². The molecule has 31 heavy (non-hydrogen) atoms. The summed E-state index contributed by atoms with van der Waals surface area (Å²) in [5.74, 6) is 4.41. The van der Waals surface area contributed by atoms with Crippen molar-refractivity contribution in [2.45, 2.75) is 32.6 Å². The molecule has 0 spiro atoms. The summed E-state index contributed by atoms with van der Waals surface area (Å²) in [6, 6.07) is 3.99. The van der Waals surface area contributed by atoms with Crippen molar-refractivity contribution in [1.29, 1.82) is 0 Å². The number of amides is 1. The van der Waals surface area contributed by atoms with Crippen molar-refractivity contribution in [1.82, 2.24) is 30.0 Å². The van der Waals surface area contributed by atoms with E-state index in [1.54, 1.807) is 0 Å². The summed E-state index contributed by atoms with van der Waals surface area (Å²) in [7, 11) is 2.16. The number of carbonyl (C=O) groups is 1. The molecule has 9 heteroatoms. The minimum Gasteiger partial charge on any atom is -0.354 e. The molecular formula is C22H32N8O. The Labute approximate surface area is 183 Å². The van der Waals surface area contributed by atoms with Gasteiger partial charge in [0, 0.05) is 69.4 Å². The van der Waals surface area contributed by atoms with Gasteiger partial charge in [-0.15, -0.1) is 0 Å². The van der Waals surface area contributed by atoms with E-state index in [2.05, 4.69) is 37.3 Å². The van der Waals surface area contributed by atoms with E-state index in [4.69, 9.17) is 9.97 Å². The van der Waals surface area contributed by atoms with Crippen molar-refractivity contribution in [3.63, 3.8) is 0 Å². The SMILES string of the molecule is Cc1cc(Nc2cc(N3CCN(C)CC3)nc(C[C@H]3CCN(C(=O)C4CC4)C3)n2)n[nH]1. The summed E-state index contributed by atoms with van der Waals surface area (Å²) in [6.07, 6.45) is 3.96. The number of likely N-dealkylation sites (N-methyl/N-ethyl adjacent to an activating group) is 1. The number of anilines is 3. The number of carbonyl (C=O) groups excluding carboxylic acids is 1. The van der Waals surface area contributed by atoms with E-state index in [0.717, 1.165) is 93.9 Å². The fraction of sp³-hybridized carbons (Fsp3) is 0.636. The van der Waals surface area contributed by atoms with Gasteiger partial charge < -0.3 is 20.0 Å². The maximum atomic E-state index is 12.4. The van der Waals surface area contributed by atoms with Crippen molar-refractivity contribution in [2.75, 3.05) is 56.5 Å². The van der Waals surface area contributed by atoms with Crippen molar-refractivity contribution in [3.8, 4) is 0 Å². The van der Waals surface area contributed by atoms with E-state index in [9.17, 15) is 4.79 Å². The smallest absolute Gasteiger partial charge is 0.225 e. The minimum absolute atomic E-state index is 0.295. The number of aromatic amines is 1.